The maximum absolute atomic E-state index is 12.1. The summed E-state index contributed by atoms with van der Waals surface area (Å²) in [5.41, 5.74) is -0.0461. The highest BCUT2D eigenvalue weighted by Crippen LogP contribution is 2.23. The van der Waals surface area contributed by atoms with Gasteiger partial charge in [-0.1, -0.05) is 0 Å². The summed E-state index contributed by atoms with van der Waals surface area (Å²) in [5, 5.41) is 11.1. The van der Waals surface area contributed by atoms with Gasteiger partial charge in [0.15, 0.2) is 0 Å². The third kappa shape index (κ3) is 3.78. The molecule has 0 aliphatic heterocycles. The fourth-order valence-electron chi connectivity index (χ4n) is 1.42. The molecule has 0 saturated heterocycles. The second-order valence-electron chi connectivity index (χ2n) is 3.91. The van der Waals surface area contributed by atoms with Crippen molar-refractivity contribution in [2.45, 2.75) is 17.9 Å². The van der Waals surface area contributed by atoms with Gasteiger partial charge in [-0.25, -0.2) is 13.2 Å². The van der Waals surface area contributed by atoms with Crippen LogP contribution in [0.25, 0.3) is 0 Å². The number of hydrogen-bond donors (Lipinski definition) is 3. The lowest BCUT2D eigenvalue weighted by Crippen LogP contribution is -2.43. The van der Waals surface area contributed by atoms with Crippen LogP contribution in [-0.4, -0.2) is 38.5 Å². The van der Waals surface area contributed by atoms with Crippen LogP contribution in [0.3, 0.4) is 0 Å². The second-order valence-corrected chi connectivity index (χ2v) is 6.44. The molecule has 20 heavy (non-hydrogen) atoms. The molecule has 0 heterocycles. The number of benzene rings is 1. The Morgan fingerprint density at radius 2 is 1.95 bits per heavy atom. The molecular weight excluding hydrogens is 352 g/mol. The summed E-state index contributed by atoms with van der Waals surface area (Å²) in [6.45, 7) is 1.40. The predicted molar refractivity (Wildman–Crippen MR) is 75.0 cm³/mol. The highest BCUT2D eigenvalue weighted by molar-refractivity contribution is 9.10. The van der Waals surface area contributed by atoms with E-state index in [-0.39, 0.29) is 14.9 Å². The minimum atomic E-state index is -3.94. The standard InChI is InChI=1S/C11H13BrN2O5S/c1-6(10(15)13-2)14-20(18,19)9-4-3-7(11(16)17)5-8(9)12/h3-6,14H,1-2H3,(H,13,15)(H,16,17). The van der Waals surface area contributed by atoms with Gasteiger partial charge in [-0.3, -0.25) is 4.79 Å². The van der Waals surface area contributed by atoms with E-state index in [1.165, 1.54) is 26.1 Å². The Balaban J connectivity index is 3.10. The molecule has 1 rings (SSSR count). The topological polar surface area (TPSA) is 113 Å². The number of hydrogen-bond acceptors (Lipinski definition) is 4. The van der Waals surface area contributed by atoms with Gasteiger partial charge < -0.3 is 10.4 Å². The molecule has 0 aliphatic carbocycles. The third-order valence-electron chi connectivity index (χ3n) is 2.44. The Morgan fingerprint density at radius 3 is 2.40 bits per heavy atom. The molecule has 0 bridgehead atoms. The second kappa shape index (κ2) is 6.33. The van der Waals surface area contributed by atoms with Gasteiger partial charge >= 0.3 is 5.97 Å². The molecular formula is C11H13BrN2O5S. The van der Waals surface area contributed by atoms with Crippen molar-refractivity contribution < 1.29 is 23.1 Å². The number of carbonyl (C=O) groups is 2. The first-order valence-corrected chi connectivity index (χ1v) is 7.73. The summed E-state index contributed by atoms with van der Waals surface area (Å²) < 4.78 is 26.5. The Morgan fingerprint density at radius 1 is 1.35 bits per heavy atom. The number of carbonyl (C=O) groups excluding carboxylic acids is 1. The van der Waals surface area contributed by atoms with Crippen molar-refractivity contribution in [3.05, 3.63) is 28.2 Å². The van der Waals surface area contributed by atoms with Crippen LogP contribution in [-0.2, 0) is 14.8 Å². The van der Waals surface area contributed by atoms with E-state index in [0.717, 1.165) is 6.07 Å². The van der Waals surface area contributed by atoms with E-state index in [1.54, 1.807) is 0 Å². The van der Waals surface area contributed by atoms with Gasteiger partial charge in [-0.15, -0.1) is 0 Å². The lowest BCUT2D eigenvalue weighted by Gasteiger charge is -2.14. The number of amides is 1. The summed E-state index contributed by atoms with van der Waals surface area (Å²) in [5.74, 6) is -1.65. The summed E-state index contributed by atoms with van der Waals surface area (Å²) in [6, 6.07) is 2.57. The number of sulfonamides is 1. The summed E-state index contributed by atoms with van der Waals surface area (Å²) in [6.07, 6.45) is 0. The van der Waals surface area contributed by atoms with Crippen LogP contribution in [0.1, 0.15) is 17.3 Å². The van der Waals surface area contributed by atoms with E-state index in [9.17, 15) is 18.0 Å². The summed E-state index contributed by atoms with van der Waals surface area (Å²) in [7, 11) is -2.54. The number of likely N-dealkylation sites (N-methyl/N-ethyl adjacent to an activating group) is 1. The highest BCUT2D eigenvalue weighted by Gasteiger charge is 2.23. The molecule has 0 saturated carbocycles. The molecule has 3 N–H and O–H groups in total. The Hall–Kier alpha value is -1.45. The molecule has 0 aliphatic rings. The van der Waals surface area contributed by atoms with Gasteiger partial charge in [0, 0.05) is 11.5 Å². The van der Waals surface area contributed by atoms with E-state index < -0.39 is 27.9 Å². The number of halogens is 1. The Kier molecular flexibility index (Phi) is 5.26. The molecule has 1 aromatic carbocycles. The maximum Gasteiger partial charge on any atom is 0.335 e. The fraction of sp³-hybridized carbons (Fsp3) is 0.273. The average molecular weight is 365 g/mol. The zero-order valence-electron chi connectivity index (χ0n) is 10.7. The van der Waals surface area contributed by atoms with Gasteiger partial charge in [0.25, 0.3) is 0 Å². The number of carboxylic acid groups (broad SMARTS) is 1. The number of nitrogens with one attached hydrogen (secondary N) is 2. The van der Waals surface area contributed by atoms with E-state index in [1.807, 2.05) is 0 Å². The first-order chi connectivity index (χ1) is 9.19. The zero-order valence-corrected chi connectivity index (χ0v) is 13.1. The SMILES string of the molecule is CNC(=O)C(C)NS(=O)(=O)c1ccc(C(=O)O)cc1Br. The molecule has 7 nitrogen and oxygen atoms in total. The zero-order chi connectivity index (χ0) is 15.5. The van der Waals surface area contributed by atoms with Crippen molar-refractivity contribution >= 4 is 37.8 Å². The molecule has 1 unspecified atom stereocenters. The number of carboxylic acids is 1. The van der Waals surface area contributed by atoms with E-state index >= 15 is 0 Å². The van der Waals surface area contributed by atoms with Crippen molar-refractivity contribution in [1.29, 1.82) is 0 Å². The van der Waals surface area contributed by atoms with Crippen LogP contribution < -0.4 is 10.0 Å². The minimum Gasteiger partial charge on any atom is -0.478 e. The van der Waals surface area contributed by atoms with Gasteiger partial charge in [-0.05, 0) is 41.1 Å². The normalized spacial score (nSPS) is 12.8. The predicted octanol–water partition coefficient (Wildman–Crippen LogP) is 0.560. The Bertz CT molecular complexity index is 644. The molecule has 110 valence electrons. The molecule has 0 aromatic heterocycles. The molecule has 9 heteroatoms. The number of rotatable bonds is 5. The first kappa shape index (κ1) is 16.6. The van der Waals surface area contributed by atoms with E-state index in [4.69, 9.17) is 5.11 Å². The van der Waals surface area contributed by atoms with Gasteiger partial charge in [0.05, 0.1) is 16.5 Å². The lowest BCUT2D eigenvalue weighted by atomic mass is 10.2. The van der Waals surface area contributed by atoms with E-state index in [2.05, 4.69) is 26.0 Å². The van der Waals surface area contributed by atoms with Crippen LogP contribution >= 0.6 is 15.9 Å². The van der Waals surface area contributed by atoms with E-state index in [0.29, 0.717) is 0 Å². The fourth-order valence-corrected chi connectivity index (χ4v) is 3.70. The van der Waals surface area contributed by atoms with Gasteiger partial charge in [0.2, 0.25) is 15.9 Å². The molecule has 0 spiro atoms. The van der Waals surface area contributed by atoms with Crippen molar-refractivity contribution in [2.24, 2.45) is 0 Å². The molecule has 1 aromatic rings. The average Bonchev–Trinajstić information content (AvgIpc) is 2.36. The summed E-state index contributed by atoms with van der Waals surface area (Å²) in [4.78, 5) is 22.0. The lowest BCUT2D eigenvalue weighted by molar-refractivity contribution is -0.121. The van der Waals surface area contributed by atoms with Crippen molar-refractivity contribution in [3.63, 3.8) is 0 Å². The summed E-state index contributed by atoms with van der Waals surface area (Å²) >= 11 is 3.01. The number of aromatic carboxylic acids is 1. The molecule has 1 atom stereocenters. The third-order valence-corrected chi connectivity index (χ3v) is 4.96. The van der Waals surface area contributed by atoms with Crippen LogP contribution in [0.5, 0.6) is 0 Å². The van der Waals surface area contributed by atoms with Gasteiger partial charge in [-0.2, -0.15) is 4.72 Å². The monoisotopic (exact) mass is 364 g/mol. The smallest absolute Gasteiger partial charge is 0.335 e. The van der Waals surface area contributed by atoms with Crippen molar-refractivity contribution in [1.82, 2.24) is 10.0 Å². The van der Waals surface area contributed by atoms with Crippen molar-refractivity contribution in [2.75, 3.05) is 7.05 Å². The van der Waals surface area contributed by atoms with Crippen LogP contribution in [0, 0.1) is 0 Å². The maximum atomic E-state index is 12.1. The van der Waals surface area contributed by atoms with Crippen LogP contribution in [0.2, 0.25) is 0 Å². The minimum absolute atomic E-state index is 0.0461. The quantitative estimate of drug-likeness (QED) is 0.706. The first-order valence-electron chi connectivity index (χ1n) is 5.46. The Labute approximate surface area is 124 Å². The largest absolute Gasteiger partial charge is 0.478 e. The molecule has 0 radical (unpaired) electrons. The molecule has 1 amide bonds. The molecule has 0 fully saturated rings. The van der Waals surface area contributed by atoms with Gasteiger partial charge in [0.1, 0.15) is 0 Å². The highest BCUT2D eigenvalue weighted by atomic mass is 79.9. The van der Waals surface area contributed by atoms with Crippen LogP contribution in [0.15, 0.2) is 27.6 Å². The van der Waals surface area contributed by atoms with Crippen molar-refractivity contribution in [3.8, 4) is 0 Å². The van der Waals surface area contributed by atoms with Crippen LogP contribution in [0.4, 0.5) is 0 Å².